The van der Waals surface area contributed by atoms with Crippen molar-refractivity contribution >= 4 is 11.6 Å². The highest BCUT2D eigenvalue weighted by atomic mass is 19.3. The van der Waals surface area contributed by atoms with Crippen molar-refractivity contribution < 1.29 is 23.0 Å². The summed E-state index contributed by atoms with van der Waals surface area (Å²) < 4.78 is 34.2. The summed E-state index contributed by atoms with van der Waals surface area (Å²) in [7, 11) is 0. The van der Waals surface area contributed by atoms with Crippen LogP contribution in [0.2, 0.25) is 0 Å². The van der Waals surface area contributed by atoms with E-state index in [1.54, 1.807) is 25.3 Å². The molecule has 5 nitrogen and oxygen atoms in total. The van der Waals surface area contributed by atoms with E-state index >= 15 is 0 Å². The van der Waals surface area contributed by atoms with Crippen LogP contribution in [0.4, 0.5) is 14.5 Å². The van der Waals surface area contributed by atoms with E-state index in [9.17, 15) is 13.6 Å². The molecule has 1 aromatic carbocycles. The maximum atomic E-state index is 12.3. The summed E-state index contributed by atoms with van der Waals surface area (Å²) >= 11 is 0. The number of hydrogen-bond donors (Lipinski definition) is 1. The Hall–Kier alpha value is -2.70. The van der Waals surface area contributed by atoms with Gasteiger partial charge in [-0.1, -0.05) is 0 Å². The number of pyridine rings is 1. The lowest BCUT2D eigenvalue weighted by Gasteiger charge is -2.12. The first-order valence-corrected chi connectivity index (χ1v) is 6.53. The molecule has 1 amide bonds. The summed E-state index contributed by atoms with van der Waals surface area (Å²) in [5.41, 5.74) is 0.785. The fraction of sp³-hybridized carbons (Fsp3) is 0.200. The number of alkyl halides is 2. The summed E-state index contributed by atoms with van der Waals surface area (Å²) in [4.78, 5) is 16.0. The number of aromatic nitrogens is 1. The highest BCUT2D eigenvalue weighted by Crippen LogP contribution is 2.30. The largest absolute Gasteiger partial charge is 0.490 e. The molecule has 22 heavy (non-hydrogen) atoms. The van der Waals surface area contributed by atoms with Crippen LogP contribution in [-0.4, -0.2) is 24.1 Å². The third-order valence-electron chi connectivity index (χ3n) is 2.64. The smallest absolute Gasteiger partial charge is 0.387 e. The van der Waals surface area contributed by atoms with E-state index in [0.29, 0.717) is 5.69 Å². The second kappa shape index (κ2) is 7.35. The topological polar surface area (TPSA) is 60.5 Å². The Morgan fingerprint density at radius 1 is 1.32 bits per heavy atom. The Labute approximate surface area is 125 Å². The average Bonchev–Trinajstić information content (AvgIpc) is 2.49. The molecular formula is C15H14F2N2O3. The van der Waals surface area contributed by atoms with Crippen LogP contribution in [0, 0.1) is 0 Å². The lowest BCUT2D eigenvalue weighted by atomic mass is 10.2. The third-order valence-corrected chi connectivity index (χ3v) is 2.64. The van der Waals surface area contributed by atoms with Gasteiger partial charge >= 0.3 is 6.61 Å². The molecule has 1 heterocycles. The van der Waals surface area contributed by atoms with E-state index in [1.165, 1.54) is 24.4 Å². The van der Waals surface area contributed by atoms with Crippen molar-refractivity contribution in [2.45, 2.75) is 13.5 Å². The zero-order valence-corrected chi connectivity index (χ0v) is 11.8. The molecule has 0 aliphatic carbocycles. The molecule has 1 aromatic heterocycles. The summed E-state index contributed by atoms with van der Waals surface area (Å²) in [6, 6.07) is 7.37. The van der Waals surface area contributed by atoms with Gasteiger partial charge in [-0.25, -0.2) is 0 Å². The molecule has 2 aromatic rings. The number of nitrogens with one attached hydrogen (secondary N) is 1. The van der Waals surface area contributed by atoms with Gasteiger partial charge in [-0.2, -0.15) is 8.78 Å². The number of carbonyl (C=O) groups excluding carboxylic acids is 1. The Morgan fingerprint density at radius 2 is 2.14 bits per heavy atom. The van der Waals surface area contributed by atoms with Crippen LogP contribution in [-0.2, 0) is 0 Å². The van der Waals surface area contributed by atoms with E-state index in [4.69, 9.17) is 4.74 Å². The number of ether oxygens (including phenoxy) is 2. The molecule has 0 saturated heterocycles. The predicted octanol–water partition coefficient (Wildman–Crippen LogP) is 3.33. The molecule has 2 rings (SSSR count). The summed E-state index contributed by atoms with van der Waals surface area (Å²) in [5.74, 6) is -0.436. The molecule has 0 bridgehead atoms. The van der Waals surface area contributed by atoms with Gasteiger partial charge in [0.1, 0.15) is 0 Å². The molecule has 1 N–H and O–H groups in total. The minimum atomic E-state index is -2.96. The molecule has 0 aliphatic rings. The fourth-order valence-electron chi connectivity index (χ4n) is 1.75. The van der Waals surface area contributed by atoms with Crippen molar-refractivity contribution in [2.24, 2.45) is 0 Å². The molecule has 0 radical (unpaired) electrons. The number of rotatable bonds is 6. The fourth-order valence-corrected chi connectivity index (χ4v) is 1.75. The van der Waals surface area contributed by atoms with Crippen molar-refractivity contribution in [3.63, 3.8) is 0 Å². The molecular weight excluding hydrogens is 294 g/mol. The van der Waals surface area contributed by atoms with Gasteiger partial charge in [0.15, 0.2) is 11.5 Å². The predicted molar refractivity (Wildman–Crippen MR) is 76.4 cm³/mol. The number of amides is 1. The minimum absolute atomic E-state index is 0.0848. The van der Waals surface area contributed by atoms with Crippen LogP contribution in [0.15, 0.2) is 42.7 Å². The highest BCUT2D eigenvalue weighted by Gasteiger charge is 2.14. The first kappa shape index (κ1) is 15.7. The first-order valence-electron chi connectivity index (χ1n) is 6.53. The molecule has 0 atom stereocenters. The van der Waals surface area contributed by atoms with Crippen molar-refractivity contribution in [2.75, 3.05) is 11.9 Å². The van der Waals surface area contributed by atoms with Crippen molar-refractivity contribution in [3.8, 4) is 11.5 Å². The molecule has 0 unspecified atom stereocenters. The van der Waals surface area contributed by atoms with Gasteiger partial charge in [0.05, 0.1) is 18.5 Å². The SMILES string of the molecule is CCOc1cc(C(=O)Nc2cccnc2)ccc1OC(F)F. The Balaban J connectivity index is 2.20. The lowest BCUT2D eigenvalue weighted by Crippen LogP contribution is -2.13. The van der Waals surface area contributed by atoms with E-state index in [0.717, 1.165) is 0 Å². The normalized spacial score (nSPS) is 10.4. The van der Waals surface area contributed by atoms with Crippen LogP contribution in [0.5, 0.6) is 11.5 Å². The second-order valence-electron chi connectivity index (χ2n) is 4.17. The van der Waals surface area contributed by atoms with Crippen LogP contribution in [0.1, 0.15) is 17.3 Å². The van der Waals surface area contributed by atoms with Crippen LogP contribution >= 0.6 is 0 Å². The minimum Gasteiger partial charge on any atom is -0.490 e. The third kappa shape index (κ3) is 4.15. The Bertz CT molecular complexity index is 636. The van der Waals surface area contributed by atoms with Gasteiger partial charge in [0, 0.05) is 11.8 Å². The van der Waals surface area contributed by atoms with E-state index in [1.807, 2.05) is 0 Å². The number of hydrogen-bond acceptors (Lipinski definition) is 4. The van der Waals surface area contributed by atoms with E-state index < -0.39 is 12.5 Å². The number of carbonyl (C=O) groups is 1. The molecule has 116 valence electrons. The van der Waals surface area contributed by atoms with Crippen molar-refractivity contribution in [1.29, 1.82) is 0 Å². The monoisotopic (exact) mass is 308 g/mol. The summed E-state index contributed by atoms with van der Waals surface area (Å²) in [5, 5.41) is 2.64. The second-order valence-corrected chi connectivity index (χ2v) is 4.17. The van der Waals surface area contributed by atoms with Gasteiger partial charge in [0.25, 0.3) is 5.91 Å². The molecule has 7 heteroatoms. The standard InChI is InChI=1S/C15H14F2N2O3/c1-2-21-13-8-10(5-6-12(13)22-15(16)17)14(20)19-11-4-3-7-18-9-11/h3-9,15H,2H2,1H3,(H,19,20). The van der Waals surface area contributed by atoms with Gasteiger partial charge in [0.2, 0.25) is 0 Å². The molecule has 0 aliphatic heterocycles. The van der Waals surface area contributed by atoms with Crippen LogP contribution in [0.3, 0.4) is 0 Å². The van der Waals surface area contributed by atoms with Gasteiger partial charge in [-0.3, -0.25) is 9.78 Å². The van der Waals surface area contributed by atoms with Crippen molar-refractivity contribution in [3.05, 3.63) is 48.3 Å². The maximum Gasteiger partial charge on any atom is 0.387 e. The average molecular weight is 308 g/mol. The summed E-state index contributed by atoms with van der Waals surface area (Å²) in [6.45, 7) is -1.00. The number of benzene rings is 1. The maximum absolute atomic E-state index is 12.3. The number of halogens is 2. The molecule has 0 fully saturated rings. The quantitative estimate of drug-likeness (QED) is 0.889. The summed E-state index contributed by atoms with van der Waals surface area (Å²) in [6.07, 6.45) is 3.08. The van der Waals surface area contributed by atoms with Gasteiger partial charge < -0.3 is 14.8 Å². The van der Waals surface area contributed by atoms with Gasteiger partial charge in [-0.15, -0.1) is 0 Å². The number of nitrogens with zero attached hydrogens (tertiary/aromatic N) is 1. The highest BCUT2D eigenvalue weighted by molar-refractivity contribution is 6.04. The Kier molecular flexibility index (Phi) is 5.24. The molecule has 0 saturated carbocycles. The number of anilines is 1. The van der Waals surface area contributed by atoms with E-state index in [2.05, 4.69) is 15.0 Å². The lowest BCUT2D eigenvalue weighted by molar-refractivity contribution is -0.0514. The Morgan fingerprint density at radius 3 is 2.77 bits per heavy atom. The molecule has 0 spiro atoms. The van der Waals surface area contributed by atoms with E-state index in [-0.39, 0.29) is 23.7 Å². The zero-order chi connectivity index (χ0) is 15.9. The van der Waals surface area contributed by atoms with Gasteiger partial charge in [-0.05, 0) is 37.3 Å². The van der Waals surface area contributed by atoms with Crippen molar-refractivity contribution in [1.82, 2.24) is 4.98 Å². The van der Waals surface area contributed by atoms with Crippen LogP contribution < -0.4 is 14.8 Å². The van der Waals surface area contributed by atoms with Crippen LogP contribution in [0.25, 0.3) is 0 Å². The zero-order valence-electron chi connectivity index (χ0n) is 11.8. The first-order chi connectivity index (χ1) is 10.6.